The van der Waals surface area contributed by atoms with E-state index in [1.807, 2.05) is 35.2 Å². The van der Waals surface area contributed by atoms with Crippen molar-refractivity contribution in [3.05, 3.63) is 94.5 Å². The van der Waals surface area contributed by atoms with Crippen molar-refractivity contribution in [2.75, 3.05) is 13.1 Å². The Hall–Kier alpha value is -3.80. The Morgan fingerprint density at radius 3 is 2.32 bits per heavy atom. The predicted octanol–water partition coefficient (Wildman–Crippen LogP) is 4.66. The van der Waals surface area contributed by atoms with Gasteiger partial charge in [0.25, 0.3) is 11.8 Å². The molecule has 2 N–H and O–H groups in total. The van der Waals surface area contributed by atoms with E-state index in [2.05, 4.69) is 26.0 Å². The molecule has 3 aromatic rings. The molecule has 6 nitrogen and oxygen atoms in total. The number of benzene rings is 3. The Morgan fingerprint density at radius 2 is 1.62 bits per heavy atom. The van der Waals surface area contributed by atoms with E-state index in [9.17, 15) is 9.59 Å². The standard InChI is InChI=1S/C28H30N2O4/c1-19-7-5-8-20(2)26(19)34-23-13-15-30(16-14-23)28(32)22-10-6-9-21(17-22)18-33-25-12-4-3-11-24(25)27(29)31/h3-12,17,23H,13-16,18H2,1-2H3,(H2,29,31). The lowest BCUT2D eigenvalue weighted by atomic mass is 10.0. The molecule has 3 aromatic carbocycles. The number of hydrogen-bond donors (Lipinski definition) is 1. The highest BCUT2D eigenvalue weighted by molar-refractivity contribution is 5.95. The Labute approximate surface area is 200 Å². The van der Waals surface area contributed by atoms with Gasteiger partial charge < -0.3 is 20.1 Å². The largest absolute Gasteiger partial charge is 0.490 e. The van der Waals surface area contributed by atoms with Crippen molar-refractivity contribution in [3.8, 4) is 11.5 Å². The molecular weight excluding hydrogens is 428 g/mol. The fourth-order valence-electron chi connectivity index (χ4n) is 4.26. The molecule has 0 saturated carbocycles. The first-order valence-electron chi connectivity index (χ1n) is 11.5. The van der Waals surface area contributed by atoms with Gasteiger partial charge in [-0.3, -0.25) is 9.59 Å². The van der Waals surface area contributed by atoms with Crippen molar-refractivity contribution in [2.45, 2.75) is 39.4 Å². The molecule has 1 saturated heterocycles. The second-order valence-electron chi connectivity index (χ2n) is 8.68. The van der Waals surface area contributed by atoms with E-state index in [1.165, 1.54) is 0 Å². The normalized spacial score (nSPS) is 14.0. The summed E-state index contributed by atoms with van der Waals surface area (Å²) in [6, 6.07) is 20.4. The summed E-state index contributed by atoms with van der Waals surface area (Å²) in [6.45, 7) is 5.66. The average molecular weight is 459 g/mol. The van der Waals surface area contributed by atoms with Crippen molar-refractivity contribution in [1.82, 2.24) is 4.90 Å². The summed E-state index contributed by atoms with van der Waals surface area (Å²) >= 11 is 0. The predicted molar refractivity (Wildman–Crippen MR) is 131 cm³/mol. The zero-order valence-corrected chi connectivity index (χ0v) is 19.6. The number of ether oxygens (including phenoxy) is 2. The highest BCUT2D eigenvalue weighted by atomic mass is 16.5. The number of piperidine rings is 1. The number of para-hydroxylation sites is 2. The van der Waals surface area contributed by atoms with Gasteiger partial charge in [-0.2, -0.15) is 0 Å². The number of carbonyl (C=O) groups excluding carboxylic acids is 2. The van der Waals surface area contributed by atoms with Crippen LogP contribution in [0.1, 0.15) is 50.2 Å². The van der Waals surface area contributed by atoms with Crippen LogP contribution < -0.4 is 15.2 Å². The maximum atomic E-state index is 13.1. The molecular formula is C28H30N2O4. The maximum absolute atomic E-state index is 13.1. The van der Waals surface area contributed by atoms with Crippen LogP contribution in [0.25, 0.3) is 0 Å². The van der Waals surface area contributed by atoms with Crippen LogP contribution in [-0.4, -0.2) is 35.9 Å². The lowest BCUT2D eigenvalue weighted by molar-refractivity contribution is 0.0592. The number of likely N-dealkylation sites (tertiary alicyclic amines) is 1. The molecule has 1 aliphatic heterocycles. The molecule has 2 amide bonds. The van der Waals surface area contributed by atoms with Crippen LogP contribution in [0.5, 0.6) is 11.5 Å². The van der Waals surface area contributed by atoms with Crippen molar-refractivity contribution in [2.24, 2.45) is 5.73 Å². The molecule has 6 heteroatoms. The van der Waals surface area contributed by atoms with E-state index in [4.69, 9.17) is 15.2 Å². The van der Waals surface area contributed by atoms with E-state index in [-0.39, 0.29) is 18.6 Å². The number of primary amides is 1. The summed E-state index contributed by atoms with van der Waals surface area (Å²) in [4.78, 5) is 26.6. The first-order chi connectivity index (χ1) is 16.4. The average Bonchev–Trinajstić information content (AvgIpc) is 2.85. The zero-order valence-electron chi connectivity index (χ0n) is 19.6. The first kappa shape index (κ1) is 23.4. The molecule has 34 heavy (non-hydrogen) atoms. The van der Waals surface area contributed by atoms with Crippen molar-refractivity contribution in [3.63, 3.8) is 0 Å². The zero-order chi connectivity index (χ0) is 24.1. The molecule has 0 unspecified atom stereocenters. The molecule has 1 fully saturated rings. The number of nitrogens with zero attached hydrogens (tertiary/aromatic N) is 1. The molecule has 0 radical (unpaired) electrons. The fourth-order valence-corrected chi connectivity index (χ4v) is 4.26. The van der Waals surface area contributed by atoms with Gasteiger partial charge in [0.15, 0.2) is 0 Å². The van der Waals surface area contributed by atoms with E-state index in [0.29, 0.717) is 30.0 Å². The van der Waals surface area contributed by atoms with Crippen molar-refractivity contribution < 1.29 is 19.1 Å². The van der Waals surface area contributed by atoms with E-state index in [0.717, 1.165) is 35.3 Å². The van der Waals surface area contributed by atoms with Gasteiger partial charge in [-0.05, 0) is 54.8 Å². The minimum Gasteiger partial charge on any atom is -0.490 e. The fraction of sp³-hybridized carbons (Fsp3) is 0.286. The third-order valence-corrected chi connectivity index (χ3v) is 6.14. The number of nitrogens with two attached hydrogens (primary N) is 1. The van der Waals surface area contributed by atoms with Gasteiger partial charge in [-0.25, -0.2) is 0 Å². The smallest absolute Gasteiger partial charge is 0.253 e. The summed E-state index contributed by atoms with van der Waals surface area (Å²) in [5.74, 6) is 0.852. The summed E-state index contributed by atoms with van der Waals surface area (Å²) in [5, 5.41) is 0. The summed E-state index contributed by atoms with van der Waals surface area (Å²) in [5.41, 5.74) is 9.49. The van der Waals surface area contributed by atoms with Crippen molar-refractivity contribution >= 4 is 11.8 Å². The molecule has 4 rings (SSSR count). The lowest BCUT2D eigenvalue weighted by Crippen LogP contribution is -2.41. The summed E-state index contributed by atoms with van der Waals surface area (Å²) in [6.07, 6.45) is 1.70. The van der Waals surface area contributed by atoms with Gasteiger partial charge >= 0.3 is 0 Å². The number of aryl methyl sites for hydroxylation is 2. The van der Waals surface area contributed by atoms with Crippen LogP contribution in [0, 0.1) is 13.8 Å². The number of carbonyl (C=O) groups is 2. The second-order valence-corrected chi connectivity index (χ2v) is 8.68. The molecule has 0 spiro atoms. The molecule has 0 atom stereocenters. The van der Waals surface area contributed by atoms with Crippen LogP contribution in [0.4, 0.5) is 0 Å². The molecule has 1 heterocycles. The van der Waals surface area contributed by atoms with Crippen LogP contribution in [0.2, 0.25) is 0 Å². The monoisotopic (exact) mass is 458 g/mol. The molecule has 176 valence electrons. The third kappa shape index (κ3) is 5.39. The van der Waals surface area contributed by atoms with E-state index < -0.39 is 5.91 Å². The Bertz CT molecular complexity index is 1160. The van der Waals surface area contributed by atoms with Gasteiger partial charge in [-0.15, -0.1) is 0 Å². The van der Waals surface area contributed by atoms with Gasteiger partial charge in [-0.1, -0.05) is 42.5 Å². The number of rotatable bonds is 7. The second kappa shape index (κ2) is 10.4. The molecule has 1 aliphatic rings. The van der Waals surface area contributed by atoms with Crippen LogP contribution in [-0.2, 0) is 6.61 Å². The highest BCUT2D eigenvalue weighted by Crippen LogP contribution is 2.27. The third-order valence-electron chi connectivity index (χ3n) is 6.14. The first-order valence-corrected chi connectivity index (χ1v) is 11.5. The highest BCUT2D eigenvalue weighted by Gasteiger charge is 2.25. The van der Waals surface area contributed by atoms with Crippen LogP contribution in [0.3, 0.4) is 0 Å². The quantitative estimate of drug-likeness (QED) is 0.558. The molecule has 0 bridgehead atoms. The van der Waals surface area contributed by atoms with Gasteiger partial charge in [0.2, 0.25) is 0 Å². The van der Waals surface area contributed by atoms with Crippen LogP contribution in [0.15, 0.2) is 66.7 Å². The van der Waals surface area contributed by atoms with E-state index >= 15 is 0 Å². The van der Waals surface area contributed by atoms with E-state index in [1.54, 1.807) is 24.3 Å². The summed E-state index contributed by atoms with van der Waals surface area (Å²) in [7, 11) is 0. The summed E-state index contributed by atoms with van der Waals surface area (Å²) < 4.78 is 12.1. The van der Waals surface area contributed by atoms with Crippen LogP contribution >= 0.6 is 0 Å². The maximum Gasteiger partial charge on any atom is 0.253 e. The minimum absolute atomic E-state index is 0.00454. The number of hydrogen-bond acceptors (Lipinski definition) is 4. The van der Waals surface area contributed by atoms with Gasteiger partial charge in [0, 0.05) is 31.5 Å². The van der Waals surface area contributed by atoms with Crippen molar-refractivity contribution in [1.29, 1.82) is 0 Å². The number of amides is 2. The Kier molecular flexibility index (Phi) is 7.16. The topological polar surface area (TPSA) is 81.9 Å². The van der Waals surface area contributed by atoms with Gasteiger partial charge in [0.1, 0.15) is 24.2 Å². The SMILES string of the molecule is Cc1cccc(C)c1OC1CCN(C(=O)c2cccc(COc3ccccc3C(N)=O)c2)CC1. The Balaban J connectivity index is 1.35. The molecule has 0 aromatic heterocycles. The molecule has 0 aliphatic carbocycles. The Morgan fingerprint density at radius 1 is 0.941 bits per heavy atom. The minimum atomic E-state index is -0.538. The van der Waals surface area contributed by atoms with Gasteiger partial charge in [0.05, 0.1) is 5.56 Å². The lowest BCUT2D eigenvalue weighted by Gasteiger charge is -2.33.